The molecular formula is C11H14FN5O3. The number of imidazole rings is 1. The van der Waals surface area contributed by atoms with Gasteiger partial charge in [-0.1, -0.05) is 0 Å². The lowest BCUT2D eigenvalue weighted by atomic mass is 10.0. The minimum Gasteiger partial charge on any atom is -0.393 e. The Hall–Kier alpha value is -2.00. The van der Waals surface area contributed by atoms with Crippen LogP contribution in [0.25, 0.3) is 11.2 Å². The van der Waals surface area contributed by atoms with Crippen molar-refractivity contribution in [1.82, 2.24) is 19.5 Å². The summed E-state index contributed by atoms with van der Waals surface area (Å²) in [5.74, 6) is -0.0267. The Kier molecular flexibility index (Phi) is 2.94. The molecule has 8 nitrogen and oxygen atoms in total. The molecule has 0 radical (unpaired) electrons. The molecule has 1 aliphatic rings. The molecule has 4 N–H and O–H groups in total. The van der Waals surface area contributed by atoms with E-state index in [0.29, 0.717) is 12.8 Å². The lowest BCUT2D eigenvalue weighted by Crippen LogP contribution is -2.35. The Morgan fingerprint density at radius 1 is 1.70 bits per heavy atom. The number of hydrogen-bond acceptors (Lipinski definition) is 6. The minimum absolute atomic E-state index is 0.0267. The van der Waals surface area contributed by atoms with Crippen molar-refractivity contribution < 1.29 is 14.2 Å². The molecule has 2 aromatic heterocycles. The average Bonchev–Trinajstić information content (AvgIpc) is 3.02. The number of aromatic nitrogens is 4. The standard InChI is InChI=1S/C11H14FN5O3/c12-3-11(4-18)2-1-6(20-11)17-5-14-7-8(17)15-10(13)16-9(7)19/h5-6,18H,1-4H2,(H3,13,15,16,19)/t6-,11-/m1/s1. The summed E-state index contributed by atoms with van der Waals surface area (Å²) in [7, 11) is 0. The van der Waals surface area contributed by atoms with E-state index in [2.05, 4.69) is 15.0 Å². The third kappa shape index (κ3) is 1.86. The molecule has 20 heavy (non-hydrogen) atoms. The average molecular weight is 283 g/mol. The summed E-state index contributed by atoms with van der Waals surface area (Å²) in [5, 5.41) is 9.25. The first-order chi connectivity index (χ1) is 9.58. The van der Waals surface area contributed by atoms with E-state index < -0.39 is 30.7 Å². The van der Waals surface area contributed by atoms with E-state index in [4.69, 9.17) is 10.5 Å². The summed E-state index contributed by atoms with van der Waals surface area (Å²) in [6, 6.07) is 0. The normalized spacial score (nSPS) is 26.4. The van der Waals surface area contributed by atoms with Gasteiger partial charge in [0.2, 0.25) is 5.95 Å². The van der Waals surface area contributed by atoms with Crippen molar-refractivity contribution in [2.45, 2.75) is 24.7 Å². The van der Waals surface area contributed by atoms with Crippen LogP contribution in [0.3, 0.4) is 0 Å². The van der Waals surface area contributed by atoms with Crippen LogP contribution in [0.1, 0.15) is 19.1 Å². The third-order valence-electron chi connectivity index (χ3n) is 3.53. The van der Waals surface area contributed by atoms with Crippen molar-refractivity contribution in [2.75, 3.05) is 19.0 Å². The van der Waals surface area contributed by atoms with E-state index in [9.17, 15) is 14.3 Å². The molecule has 1 saturated heterocycles. The molecule has 9 heteroatoms. The lowest BCUT2D eigenvalue weighted by molar-refractivity contribution is -0.107. The van der Waals surface area contributed by atoms with Crippen LogP contribution >= 0.6 is 0 Å². The van der Waals surface area contributed by atoms with Crippen LogP contribution in [0.15, 0.2) is 11.1 Å². The van der Waals surface area contributed by atoms with Crippen molar-refractivity contribution >= 4 is 17.1 Å². The van der Waals surface area contributed by atoms with E-state index in [1.807, 2.05) is 0 Å². The monoisotopic (exact) mass is 283 g/mol. The fourth-order valence-electron chi connectivity index (χ4n) is 2.40. The summed E-state index contributed by atoms with van der Waals surface area (Å²) in [6.07, 6.45) is 1.74. The maximum Gasteiger partial charge on any atom is 0.280 e. The maximum atomic E-state index is 13.0. The second-order valence-electron chi connectivity index (χ2n) is 4.86. The number of nitrogens with two attached hydrogens (primary N) is 1. The third-order valence-corrected chi connectivity index (χ3v) is 3.53. The quantitative estimate of drug-likeness (QED) is 0.712. The molecule has 2 atom stereocenters. The van der Waals surface area contributed by atoms with Gasteiger partial charge in [-0.25, -0.2) is 9.37 Å². The molecule has 0 unspecified atom stereocenters. The summed E-state index contributed by atoms with van der Waals surface area (Å²) in [5.41, 5.74) is 4.30. The SMILES string of the molecule is Nc1nc2c(ncn2[C@H]2CC[C@](CO)(CF)O2)c(=O)[nH]1. The summed E-state index contributed by atoms with van der Waals surface area (Å²) in [4.78, 5) is 22.0. The zero-order valence-corrected chi connectivity index (χ0v) is 10.5. The van der Waals surface area contributed by atoms with Gasteiger partial charge in [-0.15, -0.1) is 0 Å². The number of fused-ring (bicyclic) bond motifs is 1. The maximum absolute atomic E-state index is 13.0. The highest BCUT2D eigenvalue weighted by Gasteiger charge is 2.41. The molecule has 2 aromatic rings. The van der Waals surface area contributed by atoms with Crippen LogP contribution in [0, 0.1) is 0 Å². The smallest absolute Gasteiger partial charge is 0.280 e. The van der Waals surface area contributed by atoms with Crippen LogP contribution in [0.5, 0.6) is 0 Å². The van der Waals surface area contributed by atoms with Gasteiger partial charge in [0, 0.05) is 0 Å². The van der Waals surface area contributed by atoms with Crippen molar-refractivity contribution in [1.29, 1.82) is 0 Å². The van der Waals surface area contributed by atoms with E-state index in [-0.39, 0.29) is 17.1 Å². The van der Waals surface area contributed by atoms with Crippen molar-refractivity contribution in [3.8, 4) is 0 Å². The van der Waals surface area contributed by atoms with Crippen LogP contribution < -0.4 is 11.3 Å². The molecule has 0 bridgehead atoms. The van der Waals surface area contributed by atoms with Gasteiger partial charge in [-0.3, -0.25) is 14.3 Å². The highest BCUT2D eigenvalue weighted by Crippen LogP contribution is 2.37. The molecule has 108 valence electrons. The van der Waals surface area contributed by atoms with Gasteiger partial charge in [-0.05, 0) is 12.8 Å². The molecular weight excluding hydrogens is 269 g/mol. The number of ether oxygens (including phenoxy) is 1. The van der Waals surface area contributed by atoms with E-state index >= 15 is 0 Å². The number of halogens is 1. The van der Waals surface area contributed by atoms with Crippen molar-refractivity contribution in [3.05, 3.63) is 16.7 Å². The lowest BCUT2D eigenvalue weighted by Gasteiger charge is -2.23. The molecule has 0 spiro atoms. The number of nitrogens with one attached hydrogen (secondary N) is 1. The van der Waals surface area contributed by atoms with E-state index in [1.54, 1.807) is 0 Å². The highest BCUT2D eigenvalue weighted by molar-refractivity contribution is 5.70. The van der Waals surface area contributed by atoms with Crippen molar-refractivity contribution in [3.63, 3.8) is 0 Å². The van der Waals surface area contributed by atoms with Gasteiger partial charge in [0.1, 0.15) is 18.5 Å². The second kappa shape index (κ2) is 4.53. The van der Waals surface area contributed by atoms with E-state index in [0.717, 1.165) is 0 Å². The summed E-state index contributed by atoms with van der Waals surface area (Å²) in [6.45, 7) is -1.18. The topological polar surface area (TPSA) is 119 Å². The van der Waals surface area contributed by atoms with Gasteiger partial charge in [0.15, 0.2) is 11.2 Å². The number of aliphatic hydroxyl groups excluding tert-OH is 1. The number of anilines is 1. The van der Waals surface area contributed by atoms with Crippen LogP contribution in [0.2, 0.25) is 0 Å². The van der Waals surface area contributed by atoms with Gasteiger partial charge in [0.05, 0.1) is 12.9 Å². The molecule has 0 saturated carbocycles. The first-order valence-electron chi connectivity index (χ1n) is 6.15. The number of hydrogen-bond donors (Lipinski definition) is 3. The molecule has 1 fully saturated rings. The molecule has 1 aliphatic heterocycles. The zero-order valence-electron chi connectivity index (χ0n) is 10.5. The highest BCUT2D eigenvalue weighted by atomic mass is 19.1. The summed E-state index contributed by atoms with van der Waals surface area (Å²) < 4.78 is 20.1. The summed E-state index contributed by atoms with van der Waals surface area (Å²) >= 11 is 0. The number of rotatable bonds is 3. The first kappa shape index (κ1) is 13.0. The molecule has 3 rings (SSSR count). The Morgan fingerprint density at radius 2 is 2.50 bits per heavy atom. The minimum atomic E-state index is -1.19. The van der Waals surface area contributed by atoms with Gasteiger partial charge < -0.3 is 15.6 Å². The number of nitrogen functional groups attached to an aromatic ring is 1. The predicted molar refractivity (Wildman–Crippen MR) is 67.7 cm³/mol. The predicted octanol–water partition coefficient (Wildman–Crippen LogP) is -0.289. The fraction of sp³-hybridized carbons (Fsp3) is 0.545. The van der Waals surface area contributed by atoms with E-state index in [1.165, 1.54) is 10.9 Å². The number of alkyl halides is 1. The number of aliphatic hydroxyl groups is 1. The first-order valence-corrected chi connectivity index (χ1v) is 6.15. The Bertz CT molecular complexity index is 693. The molecule has 3 heterocycles. The Labute approximate surface area is 112 Å². The van der Waals surface area contributed by atoms with Crippen molar-refractivity contribution in [2.24, 2.45) is 0 Å². The molecule has 0 amide bonds. The van der Waals surface area contributed by atoms with Gasteiger partial charge in [-0.2, -0.15) is 4.98 Å². The largest absolute Gasteiger partial charge is 0.393 e. The number of nitrogens with zero attached hydrogens (tertiary/aromatic N) is 3. The fourth-order valence-corrected chi connectivity index (χ4v) is 2.40. The Morgan fingerprint density at radius 3 is 3.15 bits per heavy atom. The number of aromatic amines is 1. The zero-order chi connectivity index (χ0) is 14.3. The van der Waals surface area contributed by atoms with Crippen LogP contribution in [-0.4, -0.2) is 43.5 Å². The Balaban J connectivity index is 2.02. The van der Waals surface area contributed by atoms with Gasteiger partial charge >= 0.3 is 0 Å². The van der Waals surface area contributed by atoms with Crippen LogP contribution in [-0.2, 0) is 4.74 Å². The number of H-pyrrole nitrogens is 1. The van der Waals surface area contributed by atoms with Gasteiger partial charge in [0.25, 0.3) is 5.56 Å². The van der Waals surface area contributed by atoms with Crippen LogP contribution in [0.4, 0.5) is 10.3 Å². The molecule has 0 aromatic carbocycles. The molecule has 0 aliphatic carbocycles. The second-order valence-corrected chi connectivity index (χ2v) is 4.86.